The third-order valence-electron chi connectivity index (χ3n) is 3.59. The molecule has 3 N–H and O–H groups in total. The highest BCUT2D eigenvalue weighted by atomic mass is 35.5. The molecule has 0 amide bonds. The lowest BCUT2D eigenvalue weighted by atomic mass is 10.1. The van der Waals surface area contributed by atoms with Gasteiger partial charge in [0.25, 0.3) is 0 Å². The fourth-order valence-corrected chi connectivity index (χ4v) is 2.26. The summed E-state index contributed by atoms with van der Waals surface area (Å²) in [4.78, 5) is 12.1. The lowest BCUT2D eigenvalue weighted by Gasteiger charge is -2.11. The van der Waals surface area contributed by atoms with Gasteiger partial charge in [-0.3, -0.25) is 4.79 Å². The zero-order valence-electron chi connectivity index (χ0n) is 14.2. The van der Waals surface area contributed by atoms with Crippen LogP contribution in [0.15, 0.2) is 54.6 Å². The van der Waals surface area contributed by atoms with Crippen LogP contribution in [0.5, 0.6) is 11.5 Å². The van der Waals surface area contributed by atoms with E-state index in [1.165, 1.54) is 0 Å². The van der Waals surface area contributed by atoms with Crippen molar-refractivity contribution in [1.29, 1.82) is 0 Å². The first-order valence-electron chi connectivity index (χ1n) is 8.04. The minimum Gasteiger partial charge on any atom is -1.00 e. The molecule has 2 aromatic rings. The third-order valence-corrected chi connectivity index (χ3v) is 3.59. The van der Waals surface area contributed by atoms with E-state index in [2.05, 4.69) is 0 Å². The number of halogens is 1. The number of carbonyl (C=O) groups excluding carboxylic acids is 1. The van der Waals surface area contributed by atoms with Crippen LogP contribution in [0.3, 0.4) is 0 Å². The summed E-state index contributed by atoms with van der Waals surface area (Å²) < 4.78 is 10.6. The molecule has 6 heteroatoms. The number of Topliss-reactive ketones (excluding diaryl/α,β-unsaturated/α-hetero) is 1. The summed E-state index contributed by atoms with van der Waals surface area (Å²) in [5.41, 5.74) is 0.649. The molecule has 0 radical (unpaired) electrons. The number of carbonyl (C=O) groups is 1. The fraction of sp³-hybridized carbons (Fsp3) is 0.316. The Bertz CT molecular complexity index is 636. The number of hydrogen-bond acceptors (Lipinski definition) is 4. The molecule has 0 spiro atoms. The van der Waals surface area contributed by atoms with Crippen LogP contribution in [0.1, 0.15) is 16.8 Å². The van der Waals surface area contributed by atoms with Crippen molar-refractivity contribution < 1.29 is 37.1 Å². The number of aliphatic hydroxyl groups is 1. The molecule has 0 aliphatic rings. The highest BCUT2D eigenvalue weighted by Gasteiger charge is 2.10. The molecule has 0 fully saturated rings. The van der Waals surface area contributed by atoms with Crippen LogP contribution in [0.4, 0.5) is 0 Å². The van der Waals surface area contributed by atoms with Crippen LogP contribution in [0, 0.1) is 0 Å². The first-order chi connectivity index (χ1) is 11.7. The normalized spacial score (nSPS) is 11.3. The number of ketones is 1. The van der Waals surface area contributed by atoms with Gasteiger partial charge in [0.2, 0.25) is 0 Å². The second-order valence-corrected chi connectivity index (χ2v) is 5.50. The average Bonchev–Trinajstić information content (AvgIpc) is 2.64. The van der Waals surface area contributed by atoms with Crippen LogP contribution in [-0.2, 0) is 0 Å². The Morgan fingerprint density at radius 3 is 2.56 bits per heavy atom. The molecule has 25 heavy (non-hydrogen) atoms. The van der Waals surface area contributed by atoms with Crippen molar-refractivity contribution in [3.63, 3.8) is 0 Å². The number of benzene rings is 2. The molecule has 0 heterocycles. The average molecular weight is 366 g/mol. The standard InChI is InChI=1S/C19H23NO4.ClH/c1-23-18-9-5-6-15(12-18)19(22)10-11-20-13-16(21)14-24-17-7-3-2-4-8-17;/h2-9,12,16,20-21H,10-11,13-14H2,1H3;1H. The molecule has 1 unspecified atom stereocenters. The molecule has 0 saturated carbocycles. The summed E-state index contributed by atoms with van der Waals surface area (Å²) in [5, 5.41) is 11.8. The number of para-hydroxylation sites is 1. The molecule has 2 rings (SSSR count). The van der Waals surface area contributed by atoms with Crippen LogP contribution in [0.2, 0.25) is 0 Å². The smallest absolute Gasteiger partial charge is 0.168 e. The highest BCUT2D eigenvalue weighted by Crippen LogP contribution is 2.13. The number of quaternary nitrogens is 1. The molecule has 1 atom stereocenters. The lowest BCUT2D eigenvalue weighted by Crippen LogP contribution is -3.00. The maximum absolute atomic E-state index is 12.1. The summed E-state index contributed by atoms with van der Waals surface area (Å²) in [6.45, 7) is 1.36. The second-order valence-electron chi connectivity index (χ2n) is 5.50. The molecule has 0 aliphatic heterocycles. The summed E-state index contributed by atoms with van der Waals surface area (Å²) in [7, 11) is 1.58. The molecular formula is C19H24ClNO4. The number of methoxy groups -OCH3 is 1. The van der Waals surface area contributed by atoms with Crippen LogP contribution in [0.25, 0.3) is 0 Å². The van der Waals surface area contributed by atoms with E-state index in [-0.39, 0.29) is 24.8 Å². The van der Waals surface area contributed by atoms with Crippen molar-refractivity contribution in [1.82, 2.24) is 0 Å². The number of rotatable bonds is 10. The van der Waals surface area contributed by atoms with Gasteiger partial charge in [-0.2, -0.15) is 0 Å². The molecule has 0 aliphatic carbocycles. The van der Waals surface area contributed by atoms with Gasteiger partial charge in [-0.05, 0) is 24.3 Å². The van der Waals surface area contributed by atoms with E-state index in [0.29, 0.717) is 30.8 Å². The number of hydrogen-bond donors (Lipinski definition) is 2. The van der Waals surface area contributed by atoms with Crippen molar-refractivity contribution in [2.45, 2.75) is 12.5 Å². The first-order valence-corrected chi connectivity index (χ1v) is 8.04. The van der Waals surface area contributed by atoms with Crippen molar-refractivity contribution in [3.05, 3.63) is 60.2 Å². The predicted octanol–water partition coefficient (Wildman–Crippen LogP) is -1.72. The van der Waals surface area contributed by atoms with Crippen molar-refractivity contribution in [2.24, 2.45) is 0 Å². The maximum Gasteiger partial charge on any atom is 0.168 e. The monoisotopic (exact) mass is 365 g/mol. The van der Waals surface area contributed by atoms with Crippen molar-refractivity contribution in [2.75, 3.05) is 26.8 Å². The van der Waals surface area contributed by atoms with Crippen molar-refractivity contribution >= 4 is 5.78 Å². The van der Waals surface area contributed by atoms with E-state index in [9.17, 15) is 9.90 Å². The van der Waals surface area contributed by atoms with Gasteiger partial charge in [0.1, 0.15) is 30.8 Å². The lowest BCUT2D eigenvalue weighted by molar-refractivity contribution is -0.659. The molecule has 2 aromatic carbocycles. The van der Waals surface area contributed by atoms with E-state index in [1.54, 1.807) is 25.3 Å². The number of ether oxygens (including phenoxy) is 2. The van der Waals surface area contributed by atoms with E-state index < -0.39 is 6.10 Å². The predicted molar refractivity (Wildman–Crippen MR) is 91.5 cm³/mol. The highest BCUT2D eigenvalue weighted by molar-refractivity contribution is 5.96. The van der Waals surface area contributed by atoms with E-state index in [0.717, 1.165) is 5.75 Å². The van der Waals surface area contributed by atoms with Crippen LogP contribution >= 0.6 is 0 Å². The Hall–Kier alpha value is -2.08. The Balaban J connectivity index is 0.00000312. The SMILES string of the molecule is COc1cccc(C(=O)CC[NH2+]CC(O)COc2ccccc2)c1.[Cl-]. The Morgan fingerprint density at radius 1 is 1.12 bits per heavy atom. The number of nitrogens with two attached hydrogens (primary N) is 1. The Labute approximate surface area is 154 Å². The minimum atomic E-state index is -0.572. The molecule has 0 saturated heterocycles. The summed E-state index contributed by atoms with van der Waals surface area (Å²) in [5.74, 6) is 1.49. The zero-order chi connectivity index (χ0) is 17.2. The van der Waals surface area contributed by atoms with E-state index in [4.69, 9.17) is 9.47 Å². The van der Waals surface area contributed by atoms with Gasteiger partial charge in [0.05, 0.1) is 20.1 Å². The molecule has 5 nitrogen and oxygen atoms in total. The van der Waals surface area contributed by atoms with Gasteiger partial charge in [0, 0.05) is 5.56 Å². The Kier molecular flexibility index (Phi) is 9.62. The fourth-order valence-electron chi connectivity index (χ4n) is 2.26. The van der Waals surface area contributed by atoms with Gasteiger partial charge in [0.15, 0.2) is 5.78 Å². The van der Waals surface area contributed by atoms with Gasteiger partial charge in [-0.1, -0.05) is 30.3 Å². The quantitative estimate of drug-likeness (QED) is 0.388. The largest absolute Gasteiger partial charge is 1.00 e. The topological polar surface area (TPSA) is 72.4 Å². The van der Waals surface area contributed by atoms with Gasteiger partial charge < -0.3 is 32.3 Å². The molecular weight excluding hydrogens is 342 g/mol. The molecule has 136 valence electrons. The first kappa shape index (κ1) is 21.0. The number of aliphatic hydroxyl groups excluding tert-OH is 1. The maximum atomic E-state index is 12.1. The van der Waals surface area contributed by atoms with Crippen LogP contribution in [-0.4, -0.2) is 43.8 Å². The van der Waals surface area contributed by atoms with Crippen molar-refractivity contribution in [3.8, 4) is 11.5 Å². The van der Waals surface area contributed by atoms with Gasteiger partial charge in [-0.15, -0.1) is 0 Å². The Morgan fingerprint density at radius 2 is 1.84 bits per heavy atom. The van der Waals surface area contributed by atoms with Crippen LogP contribution < -0.4 is 27.2 Å². The minimum absolute atomic E-state index is 0. The summed E-state index contributed by atoms with van der Waals surface area (Å²) >= 11 is 0. The molecule has 0 aromatic heterocycles. The van der Waals surface area contributed by atoms with E-state index >= 15 is 0 Å². The summed E-state index contributed by atoms with van der Waals surface area (Å²) in [6.07, 6.45) is -0.156. The summed E-state index contributed by atoms with van der Waals surface area (Å²) in [6, 6.07) is 16.5. The van der Waals surface area contributed by atoms with Gasteiger partial charge >= 0.3 is 0 Å². The zero-order valence-corrected chi connectivity index (χ0v) is 15.0. The van der Waals surface area contributed by atoms with E-state index in [1.807, 2.05) is 41.7 Å². The molecule has 0 bridgehead atoms. The third kappa shape index (κ3) is 7.56. The van der Waals surface area contributed by atoms with Gasteiger partial charge in [-0.25, -0.2) is 0 Å². The second kappa shape index (κ2) is 11.5.